The third kappa shape index (κ3) is 5.73. The van der Waals surface area contributed by atoms with Crippen LogP contribution in [0.2, 0.25) is 5.02 Å². The number of carbonyl (C=O) groups excluding carboxylic acids is 2. The Morgan fingerprint density at radius 3 is 2.48 bits per heavy atom. The van der Waals surface area contributed by atoms with Crippen molar-refractivity contribution < 1.29 is 14.3 Å². The summed E-state index contributed by atoms with van der Waals surface area (Å²) in [5.41, 5.74) is 1.03. The van der Waals surface area contributed by atoms with Crippen molar-refractivity contribution in [2.75, 3.05) is 18.4 Å². The number of carbonyl (C=O) groups is 2. The molecule has 0 radical (unpaired) electrons. The van der Waals surface area contributed by atoms with Crippen molar-refractivity contribution in [3.8, 4) is 5.75 Å². The van der Waals surface area contributed by atoms with Crippen molar-refractivity contribution in [1.82, 2.24) is 4.90 Å². The summed E-state index contributed by atoms with van der Waals surface area (Å²) >= 11 is 6.00. The molecule has 0 aliphatic carbocycles. The van der Waals surface area contributed by atoms with Crippen molar-refractivity contribution in [2.45, 2.75) is 45.1 Å². The topological polar surface area (TPSA) is 58.6 Å². The minimum absolute atomic E-state index is 0.0355. The number of nitrogens with one attached hydrogen (secondary N) is 1. The first kappa shape index (κ1) is 21.2. The van der Waals surface area contributed by atoms with Gasteiger partial charge in [0.1, 0.15) is 5.75 Å². The number of para-hydroxylation sites is 1. The minimum atomic E-state index is -0.685. The van der Waals surface area contributed by atoms with E-state index in [0.29, 0.717) is 28.4 Å². The average Bonchev–Trinajstić information content (AvgIpc) is 3.01. The summed E-state index contributed by atoms with van der Waals surface area (Å²) in [4.78, 5) is 27.8. The number of nitrogens with zero attached hydrogens (tertiary/aromatic N) is 1. The third-order valence-electron chi connectivity index (χ3n) is 5.05. The first-order valence-electron chi connectivity index (χ1n) is 10.2. The van der Waals surface area contributed by atoms with E-state index in [1.165, 1.54) is 0 Å². The SMILES string of the molecule is CC[C@H](Oc1cccc(Cl)c1)C(=O)Nc1ccccc1C(=O)N1CCCCCC1. The molecule has 29 heavy (non-hydrogen) atoms. The summed E-state index contributed by atoms with van der Waals surface area (Å²) in [6.07, 6.45) is 4.15. The molecular weight excluding hydrogens is 388 g/mol. The van der Waals surface area contributed by atoms with Crippen molar-refractivity contribution in [3.63, 3.8) is 0 Å². The zero-order valence-corrected chi connectivity index (χ0v) is 17.5. The molecule has 154 valence electrons. The van der Waals surface area contributed by atoms with Gasteiger partial charge in [-0.2, -0.15) is 0 Å². The molecule has 0 spiro atoms. The van der Waals surface area contributed by atoms with Gasteiger partial charge in [-0.05, 0) is 49.6 Å². The highest BCUT2D eigenvalue weighted by Crippen LogP contribution is 2.22. The smallest absolute Gasteiger partial charge is 0.265 e. The number of rotatable bonds is 6. The van der Waals surface area contributed by atoms with E-state index in [1.54, 1.807) is 36.4 Å². The first-order chi connectivity index (χ1) is 14.1. The number of hydrogen-bond donors (Lipinski definition) is 1. The van der Waals surface area contributed by atoms with E-state index in [9.17, 15) is 9.59 Å². The molecule has 0 unspecified atom stereocenters. The van der Waals surface area contributed by atoms with Crippen molar-refractivity contribution in [1.29, 1.82) is 0 Å². The Labute approximate surface area is 177 Å². The van der Waals surface area contributed by atoms with Crippen molar-refractivity contribution >= 4 is 29.1 Å². The lowest BCUT2D eigenvalue weighted by Gasteiger charge is -2.23. The number of halogens is 1. The Kier molecular flexibility index (Phi) is 7.53. The second-order valence-corrected chi connectivity index (χ2v) is 7.65. The summed E-state index contributed by atoms with van der Waals surface area (Å²) in [7, 11) is 0. The van der Waals surface area contributed by atoms with Crippen LogP contribution in [-0.2, 0) is 4.79 Å². The second-order valence-electron chi connectivity index (χ2n) is 7.21. The van der Waals surface area contributed by atoms with Crippen LogP contribution in [0.4, 0.5) is 5.69 Å². The van der Waals surface area contributed by atoms with E-state index in [4.69, 9.17) is 16.3 Å². The highest BCUT2D eigenvalue weighted by molar-refractivity contribution is 6.30. The lowest BCUT2D eigenvalue weighted by molar-refractivity contribution is -0.122. The number of anilines is 1. The molecule has 1 heterocycles. The average molecular weight is 415 g/mol. The van der Waals surface area contributed by atoms with E-state index >= 15 is 0 Å². The molecule has 1 N–H and O–H groups in total. The van der Waals surface area contributed by atoms with Gasteiger partial charge in [0, 0.05) is 18.1 Å². The Morgan fingerprint density at radius 1 is 1.07 bits per heavy atom. The monoisotopic (exact) mass is 414 g/mol. The van der Waals surface area contributed by atoms with Crippen LogP contribution in [0.1, 0.15) is 49.4 Å². The molecule has 1 aliphatic rings. The highest BCUT2D eigenvalue weighted by atomic mass is 35.5. The van der Waals surface area contributed by atoms with Gasteiger partial charge >= 0.3 is 0 Å². The second kappa shape index (κ2) is 10.3. The first-order valence-corrected chi connectivity index (χ1v) is 10.6. The van der Waals surface area contributed by atoms with Crippen LogP contribution in [0.5, 0.6) is 5.75 Å². The molecule has 0 bridgehead atoms. The predicted molar refractivity (Wildman–Crippen MR) is 116 cm³/mol. The molecule has 2 aromatic carbocycles. The van der Waals surface area contributed by atoms with Gasteiger partial charge in [0.25, 0.3) is 11.8 Å². The van der Waals surface area contributed by atoms with Crippen LogP contribution in [0.3, 0.4) is 0 Å². The van der Waals surface area contributed by atoms with Crippen LogP contribution in [-0.4, -0.2) is 35.9 Å². The molecule has 5 nitrogen and oxygen atoms in total. The van der Waals surface area contributed by atoms with Gasteiger partial charge in [-0.25, -0.2) is 0 Å². The zero-order valence-electron chi connectivity index (χ0n) is 16.7. The predicted octanol–water partition coefficient (Wildman–Crippen LogP) is 5.15. The van der Waals surface area contributed by atoms with E-state index < -0.39 is 6.10 Å². The lowest BCUT2D eigenvalue weighted by Crippen LogP contribution is -2.35. The molecule has 1 fully saturated rings. The lowest BCUT2D eigenvalue weighted by atomic mass is 10.1. The maximum atomic E-state index is 13.1. The molecule has 6 heteroatoms. The quantitative estimate of drug-likeness (QED) is 0.710. The number of ether oxygens (including phenoxy) is 1. The molecule has 1 aliphatic heterocycles. The van der Waals surface area contributed by atoms with E-state index in [0.717, 1.165) is 38.8 Å². The Morgan fingerprint density at radius 2 is 1.79 bits per heavy atom. The number of hydrogen-bond acceptors (Lipinski definition) is 3. The standard InChI is InChI=1S/C23H27ClN2O3/c1-2-21(29-18-11-9-10-17(24)16-18)22(27)25-20-13-6-5-12-19(20)23(28)26-14-7-3-4-8-15-26/h5-6,9-13,16,21H,2-4,7-8,14-15H2,1H3,(H,25,27)/t21-/m0/s1. The van der Waals surface area contributed by atoms with Crippen LogP contribution in [0.15, 0.2) is 48.5 Å². The fraction of sp³-hybridized carbons (Fsp3) is 0.391. The van der Waals surface area contributed by atoms with Gasteiger partial charge in [0.05, 0.1) is 11.3 Å². The van der Waals surface area contributed by atoms with Gasteiger partial charge in [-0.15, -0.1) is 0 Å². The van der Waals surface area contributed by atoms with Gasteiger partial charge in [0.15, 0.2) is 6.10 Å². The van der Waals surface area contributed by atoms with Crippen LogP contribution < -0.4 is 10.1 Å². The van der Waals surface area contributed by atoms with Gasteiger partial charge < -0.3 is 15.0 Å². The summed E-state index contributed by atoms with van der Waals surface area (Å²) in [5.74, 6) is 0.212. The molecule has 1 atom stereocenters. The Bertz CT molecular complexity index is 848. The minimum Gasteiger partial charge on any atom is -0.481 e. The molecule has 0 aromatic heterocycles. The fourth-order valence-electron chi connectivity index (χ4n) is 3.46. The largest absolute Gasteiger partial charge is 0.481 e. The molecule has 2 amide bonds. The summed E-state index contributed by atoms with van der Waals surface area (Å²) in [5, 5.41) is 3.43. The van der Waals surface area contributed by atoms with Crippen LogP contribution >= 0.6 is 11.6 Å². The molecule has 3 rings (SSSR count). The fourth-order valence-corrected chi connectivity index (χ4v) is 3.64. The van der Waals surface area contributed by atoms with Crippen LogP contribution in [0, 0.1) is 0 Å². The van der Waals surface area contributed by atoms with E-state index in [1.807, 2.05) is 24.0 Å². The third-order valence-corrected chi connectivity index (χ3v) is 5.28. The summed E-state index contributed by atoms with van der Waals surface area (Å²) in [6.45, 7) is 3.40. The van der Waals surface area contributed by atoms with Gasteiger partial charge in [-0.3, -0.25) is 9.59 Å². The molecule has 1 saturated heterocycles. The number of benzene rings is 2. The summed E-state index contributed by atoms with van der Waals surface area (Å²) < 4.78 is 5.82. The Hall–Kier alpha value is -2.53. The number of likely N-dealkylation sites (tertiary alicyclic amines) is 1. The number of amides is 2. The highest BCUT2D eigenvalue weighted by Gasteiger charge is 2.23. The summed E-state index contributed by atoms with van der Waals surface area (Å²) in [6, 6.07) is 14.1. The van der Waals surface area contributed by atoms with Crippen LogP contribution in [0.25, 0.3) is 0 Å². The van der Waals surface area contributed by atoms with Crippen molar-refractivity contribution in [2.24, 2.45) is 0 Å². The molecule has 0 saturated carbocycles. The van der Waals surface area contributed by atoms with E-state index in [-0.39, 0.29) is 11.8 Å². The molecule has 2 aromatic rings. The van der Waals surface area contributed by atoms with Crippen molar-refractivity contribution in [3.05, 3.63) is 59.1 Å². The normalized spacial score (nSPS) is 15.3. The zero-order chi connectivity index (χ0) is 20.6. The Balaban J connectivity index is 1.73. The van der Waals surface area contributed by atoms with Gasteiger partial charge in [0.2, 0.25) is 0 Å². The van der Waals surface area contributed by atoms with Gasteiger partial charge in [-0.1, -0.05) is 49.6 Å². The van der Waals surface area contributed by atoms with E-state index in [2.05, 4.69) is 5.32 Å². The molecular formula is C23H27ClN2O3. The maximum absolute atomic E-state index is 13.1. The maximum Gasteiger partial charge on any atom is 0.265 e.